The summed E-state index contributed by atoms with van der Waals surface area (Å²) in [7, 11) is 0. The Balaban J connectivity index is 1.25. The zero-order valence-electron chi connectivity index (χ0n) is 29.1. The van der Waals surface area contributed by atoms with Crippen molar-refractivity contribution >= 4 is 21.8 Å². The van der Waals surface area contributed by atoms with Gasteiger partial charge in [-0.3, -0.25) is 0 Å². The molecule has 1 spiro atoms. The lowest BCUT2D eigenvalue weighted by Crippen LogP contribution is -2.25. The van der Waals surface area contributed by atoms with Crippen molar-refractivity contribution in [1.82, 2.24) is 4.57 Å². The highest BCUT2D eigenvalue weighted by molar-refractivity contribution is 6.11. The highest BCUT2D eigenvalue weighted by Gasteiger charge is 2.52. The van der Waals surface area contributed by atoms with Crippen LogP contribution in [-0.2, 0) is 5.41 Å². The molecule has 0 N–H and O–H groups in total. The predicted molar refractivity (Wildman–Crippen MR) is 217 cm³/mol. The van der Waals surface area contributed by atoms with Crippen LogP contribution in [0.5, 0.6) is 0 Å². The number of para-hydroxylation sites is 1. The van der Waals surface area contributed by atoms with Crippen LogP contribution in [0, 0.1) is 22.7 Å². The van der Waals surface area contributed by atoms with Crippen molar-refractivity contribution in [3.63, 3.8) is 0 Å². The number of hydrogen-bond donors (Lipinski definition) is 0. The predicted octanol–water partition coefficient (Wildman–Crippen LogP) is 12.2. The van der Waals surface area contributed by atoms with Crippen LogP contribution < -0.4 is 0 Å². The molecule has 3 heteroatoms. The zero-order chi connectivity index (χ0) is 36.0. The van der Waals surface area contributed by atoms with Crippen LogP contribution in [0.25, 0.3) is 72.0 Å². The molecule has 1 heterocycles. The van der Waals surface area contributed by atoms with E-state index in [0.717, 1.165) is 22.4 Å². The van der Waals surface area contributed by atoms with Gasteiger partial charge >= 0.3 is 0 Å². The summed E-state index contributed by atoms with van der Waals surface area (Å²) in [5, 5.41) is 22.3. The van der Waals surface area contributed by atoms with Crippen LogP contribution in [0.1, 0.15) is 33.4 Å². The van der Waals surface area contributed by atoms with Gasteiger partial charge in [-0.2, -0.15) is 10.5 Å². The number of nitrogens with zero attached hydrogens (tertiary/aromatic N) is 3. The van der Waals surface area contributed by atoms with Crippen molar-refractivity contribution in [2.45, 2.75) is 5.41 Å². The molecule has 3 nitrogen and oxygen atoms in total. The van der Waals surface area contributed by atoms with Gasteiger partial charge in [0.05, 0.1) is 45.4 Å². The molecule has 2 aliphatic rings. The average molecular weight is 684 g/mol. The molecule has 8 aromatic carbocycles. The number of fused-ring (bicyclic) bond motifs is 13. The van der Waals surface area contributed by atoms with Crippen molar-refractivity contribution in [3.8, 4) is 62.3 Å². The van der Waals surface area contributed by atoms with E-state index < -0.39 is 5.41 Å². The molecule has 0 saturated heterocycles. The second-order valence-corrected chi connectivity index (χ2v) is 14.2. The fraction of sp³-hybridized carbons (Fsp3) is 0.0196. The molecule has 1 atom stereocenters. The molecule has 248 valence electrons. The molecular formula is C51H29N3. The Labute approximate surface area is 312 Å². The van der Waals surface area contributed by atoms with Crippen LogP contribution in [0.4, 0.5) is 0 Å². The van der Waals surface area contributed by atoms with E-state index in [2.05, 4.69) is 174 Å². The van der Waals surface area contributed by atoms with Crippen molar-refractivity contribution < 1.29 is 0 Å². The van der Waals surface area contributed by atoms with E-state index in [-0.39, 0.29) is 0 Å². The van der Waals surface area contributed by atoms with Crippen LogP contribution in [-0.4, -0.2) is 4.57 Å². The second-order valence-electron chi connectivity index (χ2n) is 14.2. The minimum atomic E-state index is -0.581. The van der Waals surface area contributed by atoms with Crippen LogP contribution in [0.15, 0.2) is 176 Å². The Morgan fingerprint density at radius 3 is 1.70 bits per heavy atom. The van der Waals surface area contributed by atoms with Gasteiger partial charge in [0.15, 0.2) is 0 Å². The standard InChI is InChI=1S/C51H29N3/c52-30-32-26-33(31-53)28-36(27-32)37-17-10-20-44-49(37)40-15-4-7-18-42(40)51(44)43-19-8-5-16-41(43)50-45(51)21-11-23-47(50)54-46-22-9-6-14-38(46)39-25-24-35(29-48(39)54)34-12-2-1-3-13-34/h1-29H. The Kier molecular flexibility index (Phi) is 6.30. The topological polar surface area (TPSA) is 52.5 Å². The lowest BCUT2D eigenvalue weighted by Gasteiger charge is -2.30. The summed E-state index contributed by atoms with van der Waals surface area (Å²) in [6.07, 6.45) is 0. The molecule has 1 aromatic heterocycles. The van der Waals surface area contributed by atoms with E-state index in [1.54, 1.807) is 6.07 Å². The van der Waals surface area contributed by atoms with Gasteiger partial charge in [0.1, 0.15) is 0 Å². The van der Waals surface area contributed by atoms with Crippen molar-refractivity contribution in [1.29, 1.82) is 10.5 Å². The van der Waals surface area contributed by atoms with Crippen LogP contribution >= 0.6 is 0 Å². The molecule has 2 aliphatic carbocycles. The maximum atomic E-state index is 9.91. The molecule has 1 unspecified atom stereocenters. The summed E-state index contributed by atoms with van der Waals surface area (Å²) in [6.45, 7) is 0. The van der Waals surface area contributed by atoms with Gasteiger partial charge in [0.25, 0.3) is 0 Å². The highest BCUT2D eigenvalue weighted by atomic mass is 15.0. The van der Waals surface area contributed by atoms with Crippen molar-refractivity contribution in [3.05, 3.63) is 209 Å². The van der Waals surface area contributed by atoms with E-state index in [1.807, 2.05) is 12.1 Å². The quantitative estimate of drug-likeness (QED) is 0.186. The molecule has 0 bridgehead atoms. The Morgan fingerprint density at radius 1 is 0.389 bits per heavy atom. The van der Waals surface area contributed by atoms with Crippen LogP contribution in [0.3, 0.4) is 0 Å². The van der Waals surface area contributed by atoms with Gasteiger partial charge in [-0.15, -0.1) is 0 Å². The third-order valence-corrected chi connectivity index (χ3v) is 11.6. The van der Waals surface area contributed by atoms with Gasteiger partial charge < -0.3 is 4.57 Å². The summed E-state index contributed by atoms with van der Waals surface area (Å²) in [6, 6.07) is 67.3. The zero-order valence-corrected chi connectivity index (χ0v) is 29.1. The molecule has 0 radical (unpaired) electrons. The molecule has 0 aliphatic heterocycles. The molecule has 11 rings (SSSR count). The van der Waals surface area contributed by atoms with Gasteiger partial charge in [-0.1, -0.05) is 140 Å². The first-order valence-corrected chi connectivity index (χ1v) is 18.2. The molecule has 0 fully saturated rings. The highest BCUT2D eigenvalue weighted by Crippen LogP contribution is 2.65. The van der Waals surface area contributed by atoms with E-state index in [1.165, 1.54) is 71.9 Å². The summed E-state index contributed by atoms with van der Waals surface area (Å²) in [4.78, 5) is 0. The largest absolute Gasteiger partial charge is 0.309 e. The number of aromatic nitrogens is 1. The fourth-order valence-corrected chi connectivity index (χ4v) is 9.60. The Hall–Kier alpha value is -7.46. The summed E-state index contributed by atoms with van der Waals surface area (Å²) in [5.74, 6) is 0. The van der Waals surface area contributed by atoms with Gasteiger partial charge in [0, 0.05) is 16.3 Å². The molecule has 0 saturated carbocycles. The Morgan fingerprint density at radius 2 is 0.963 bits per heavy atom. The van der Waals surface area contributed by atoms with Gasteiger partial charge in [-0.25, -0.2) is 0 Å². The van der Waals surface area contributed by atoms with Crippen molar-refractivity contribution in [2.24, 2.45) is 0 Å². The first-order chi connectivity index (χ1) is 26.7. The maximum Gasteiger partial charge on any atom is 0.0992 e. The SMILES string of the molecule is N#Cc1cc(C#N)cc(-c2cccc3c2-c2ccccc2C32c3ccccc3-c3c(-n4c5ccccc5c5ccc(-c6ccccc6)cc54)cccc32)c1. The lowest BCUT2D eigenvalue weighted by atomic mass is 9.70. The van der Waals surface area contributed by atoms with Gasteiger partial charge in [0.2, 0.25) is 0 Å². The van der Waals surface area contributed by atoms with Crippen LogP contribution in [0.2, 0.25) is 0 Å². The lowest BCUT2D eigenvalue weighted by molar-refractivity contribution is 0.793. The first-order valence-electron chi connectivity index (χ1n) is 18.2. The Bertz CT molecular complexity index is 3100. The third kappa shape index (κ3) is 3.93. The summed E-state index contributed by atoms with van der Waals surface area (Å²) >= 11 is 0. The number of benzene rings is 8. The summed E-state index contributed by atoms with van der Waals surface area (Å²) in [5.41, 5.74) is 17.8. The minimum Gasteiger partial charge on any atom is -0.309 e. The molecular weight excluding hydrogens is 655 g/mol. The molecule has 54 heavy (non-hydrogen) atoms. The second kappa shape index (κ2) is 11.3. The average Bonchev–Trinajstić information content (AvgIpc) is 3.85. The number of nitriles is 2. The normalized spacial score (nSPS) is 14.7. The van der Waals surface area contributed by atoms with E-state index in [0.29, 0.717) is 11.1 Å². The fourth-order valence-electron chi connectivity index (χ4n) is 9.60. The van der Waals surface area contributed by atoms with Crippen molar-refractivity contribution in [2.75, 3.05) is 0 Å². The van der Waals surface area contributed by atoms with E-state index in [9.17, 15) is 10.5 Å². The van der Waals surface area contributed by atoms with Gasteiger partial charge in [-0.05, 0) is 97.6 Å². The third-order valence-electron chi connectivity index (χ3n) is 11.6. The number of rotatable bonds is 3. The van der Waals surface area contributed by atoms with E-state index in [4.69, 9.17) is 0 Å². The first kappa shape index (κ1) is 30.2. The number of hydrogen-bond acceptors (Lipinski definition) is 2. The maximum absolute atomic E-state index is 9.91. The monoisotopic (exact) mass is 683 g/mol. The summed E-state index contributed by atoms with van der Waals surface area (Å²) < 4.78 is 2.47. The molecule has 0 amide bonds. The van der Waals surface area contributed by atoms with E-state index >= 15 is 0 Å². The molecule has 9 aromatic rings. The minimum absolute atomic E-state index is 0.477. The smallest absolute Gasteiger partial charge is 0.0992 e.